The number of hydrogen-bond acceptors (Lipinski definition) is 3. The van der Waals surface area contributed by atoms with Crippen molar-refractivity contribution in [1.29, 1.82) is 0 Å². The zero-order valence-corrected chi connectivity index (χ0v) is 12.3. The molecule has 1 aromatic rings. The van der Waals surface area contributed by atoms with Crippen molar-refractivity contribution in [3.05, 3.63) is 29.8 Å². The summed E-state index contributed by atoms with van der Waals surface area (Å²) in [6.45, 7) is 5.65. The molecule has 0 saturated carbocycles. The highest BCUT2D eigenvalue weighted by Gasteiger charge is 2.19. The van der Waals surface area contributed by atoms with Crippen molar-refractivity contribution >= 4 is 0 Å². The number of para-hydroxylation sites is 1. The van der Waals surface area contributed by atoms with Crippen molar-refractivity contribution in [3.8, 4) is 5.75 Å². The van der Waals surface area contributed by atoms with Crippen LogP contribution in [-0.4, -0.2) is 25.7 Å². The normalized spacial score (nSPS) is 22.2. The molecule has 1 aromatic carbocycles. The van der Waals surface area contributed by atoms with E-state index in [0.29, 0.717) is 18.1 Å². The van der Waals surface area contributed by atoms with Crippen molar-refractivity contribution in [2.45, 2.75) is 51.2 Å². The van der Waals surface area contributed by atoms with Crippen LogP contribution < -0.4 is 15.4 Å². The van der Waals surface area contributed by atoms with Crippen LogP contribution in [0.3, 0.4) is 0 Å². The van der Waals surface area contributed by atoms with Gasteiger partial charge in [0.1, 0.15) is 5.75 Å². The first kappa shape index (κ1) is 14.4. The van der Waals surface area contributed by atoms with E-state index in [1.165, 1.54) is 31.4 Å². The average Bonchev–Trinajstić information content (AvgIpc) is 2.91. The number of rotatable bonds is 6. The summed E-state index contributed by atoms with van der Waals surface area (Å²) in [6.07, 6.45) is 3.83. The molecule has 3 atom stereocenters. The Morgan fingerprint density at radius 1 is 1.37 bits per heavy atom. The minimum Gasteiger partial charge on any atom is -0.496 e. The van der Waals surface area contributed by atoms with Crippen LogP contribution >= 0.6 is 0 Å². The van der Waals surface area contributed by atoms with Gasteiger partial charge in [0.2, 0.25) is 0 Å². The fraction of sp³-hybridized carbons (Fsp3) is 0.625. The third kappa shape index (κ3) is 3.95. The maximum absolute atomic E-state index is 5.43. The summed E-state index contributed by atoms with van der Waals surface area (Å²) < 4.78 is 5.43. The zero-order chi connectivity index (χ0) is 13.7. The molecule has 0 radical (unpaired) electrons. The first-order valence-electron chi connectivity index (χ1n) is 7.33. The Labute approximate surface area is 116 Å². The van der Waals surface area contributed by atoms with Gasteiger partial charge in [0.25, 0.3) is 0 Å². The van der Waals surface area contributed by atoms with E-state index in [0.717, 1.165) is 5.75 Å². The molecule has 3 heteroatoms. The van der Waals surface area contributed by atoms with Gasteiger partial charge in [0.15, 0.2) is 0 Å². The SMILES string of the molecule is COc1ccccc1[C@H](C)NC(C)CC1CCCN1. The molecule has 19 heavy (non-hydrogen) atoms. The molecule has 2 rings (SSSR count). The van der Waals surface area contributed by atoms with Crippen molar-refractivity contribution in [2.24, 2.45) is 0 Å². The molecular weight excluding hydrogens is 236 g/mol. The summed E-state index contributed by atoms with van der Waals surface area (Å²) in [4.78, 5) is 0. The van der Waals surface area contributed by atoms with Crippen molar-refractivity contribution in [3.63, 3.8) is 0 Å². The zero-order valence-electron chi connectivity index (χ0n) is 12.3. The number of hydrogen-bond donors (Lipinski definition) is 2. The van der Waals surface area contributed by atoms with Crippen molar-refractivity contribution in [2.75, 3.05) is 13.7 Å². The van der Waals surface area contributed by atoms with E-state index in [1.807, 2.05) is 12.1 Å². The topological polar surface area (TPSA) is 33.3 Å². The van der Waals surface area contributed by atoms with Gasteiger partial charge in [-0.05, 0) is 45.7 Å². The number of nitrogens with one attached hydrogen (secondary N) is 2. The van der Waals surface area contributed by atoms with Crippen LogP contribution in [-0.2, 0) is 0 Å². The highest BCUT2D eigenvalue weighted by atomic mass is 16.5. The monoisotopic (exact) mass is 262 g/mol. The van der Waals surface area contributed by atoms with Gasteiger partial charge in [-0.1, -0.05) is 18.2 Å². The van der Waals surface area contributed by atoms with Crippen LogP contribution in [0, 0.1) is 0 Å². The van der Waals surface area contributed by atoms with Crippen LogP contribution in [0.15, 0.2) is 24.3 Å². The predicted molar refractivity (Wildman–Crippen MR) is 79.6 cm³/mol. The lowest BCUT2D eigenvalue weighted by atomic mass is 10.0. The summed E-state index contributed by atoms with van der Waals surface area (Å²) in [6, 6.07) is 9.75. The largest absolute Gasteiger partial charge is 0.496 e. The molecular formula is C16H26N2O. The number of methoxy groups -OCH3 is 1. The minimum absolute atomic E-state index is 0.313. The summed E-state index contributed by atoms with van der Waals surface area (Å²) >= 11 is 0. The third-order valence-electron chi connectivity index (χ3n) is 3.94. The molecule has 0 bridgehead atoms. The second-order valence-corrected chi connectivity index (χ2v) is 5.56. The van der Waals surface area contributed by atoms with E-state index in [9.17, 15) is 0 Å². The van der Waals surface area contributed by atoms with Gasteiger partial charge in [-0.2, -0.15) is 0 Å². The highest BCUT2D eigenvalue weighted by molar-refractivity contribution is 5.35. The fourth-order valence-corrected chi connectivity index (χ4v) is 2.99. The summed E-state index contributed by atoms with van der Waals surface area (Å²) in [5, 5.41) is 7.24. The molecule has 1 aliphatic heterocycles. The lowest BCUT2D eigenvalue weighted by molar-refractivity contribution is 0.381. The molecule has 0 spiro atoms. The third-order valence-corrected chi connectivity index (χ3v) is 3.94. The summed E-state index contributed by atoms with van der Waals surface area (Å²) in [5.41, 5.74) is 1.23. The Bertz CT molecular complexity index is 388. The molecule has 2 N–H and O–H groups in total. The fourth-order valence-electron chi connectivity index (χ4n) is 2.99. The van der Waals surface area contributed by atoms with Crippen LogP contribution in [0.1, 0.15) is 44.7 Å². The van der Waals surface area contributed by atoms with Crippen LogP contribution in [0.2, 0.25) is 0 Å². The average molecular weight is 262 g/mol. The maximum Gasteiger partial charge on any atom is 0.123 e. The van der Waals surface area contributed by atoms with E-state index in [2.05, 4.69) is 36.6 Å². The lowest BCUT2D eigenvalue weighted by Gasteiger charge is -2.24. The first-order valence-corrected chi connectivity index (χ1v) is 7.33. The molecule has 0 aliphatic carbocycles. The van der Waals surface area contributed by atoms with Crippen molar-refractivity contribution < 1.29 is 4.74 Å². The number of benzene rings is 1. The van der Waals surface area contributed by atoms with E-state index in [-0.39, 0.29) is 0 Å². The maximum atomic E-state index is 5.43. The molecule has 0 aromatic heterocycles. The van der Waals surface area contributed by atoms with Gasteiger partial charge >= 0.3 is 0 Å². The lowest BCUT2D eigenvalue weighted by Crippen LogP contribution is -2.35. The molecule has 106 valence electrons. The Hall–Kier alpha value is -1.06. The first-order chi connectivity index (χ1) is 9.20. The molecule has 1 fully saturated rings. The summed E-state index contributed by atoms with van der Waals surface area (Å²) in [5.74, 6) is 0.966. The van der Waals surface area contributed by atoms with Crippen molar-refractivity contribution in [1.82, 2.24) is 10.6 Å². The van der Waals surface area contributed by atoms with E-state index >= 15 is 0 Å². The summed E-state index contributed by atoms with van der Waals surface area (Å²) in [7, 11) is 1.73. The second-order valence-electron chi connectivity index (χ2n) is 5.56. The van der Waals surface area contributed by atoms with E-state index < -0.39 is 0 Å². The van der Waals surface area contributed by atoms with Crippen LogP contribution in [0.25, 0.3) is 0 Å². The molecule has 2 unspecified atom stereocenters. The Morgan fingerprint density at radius 2 is 2.16 bits per heavy atom. The van der Waals surface area contributed by atoms with E-state index in [4.69, 9.17) is 4.74 Å². The Morgan fingerprint density at radius 3 is 2.84 bits per heavy atom. The molecule has 3 nitrogen and oxygen atoms in total. The standard InChI is InChI=1S/C16H26N2O/c1-12(11-14-7-6-10-17-14)18-13(2)15-8-4-5-9-16(15)19-3/h4-5,8-9,12-14,17-18H,6-7,10-11H2,1-3H3/t12?,13-,14?/m0/s1. The van der Waals surface area contributed by atoms with E-state index in [1.54, 1.807) is 7.11 Å². The Kier molecular flexibility index (Phi) is 5.23. The Balaban J connectivity index is 1.90. The second kappa shape index (κ2) is 6.92. The van der Waals surface area contributed by atoms with Gasteiger partial charge in [-0.25, -0.2) is 0 Å². The molecule has 0 amide bonds. The quantitative estimate of drug-likeness (QED) is 0.827. The smallest absolute Gasteiger partial charge is 0.123 e. The van der Waals surface area contributed by atoms with Gasteiger partial charge in [-0.3, -0.25) is 0 Å². The number of ether oxygens (including phenoxy) is 1. The predicted octanol–water partition coefficient (Wildman–Crippen LogP) is 2.88. The van der Waals surface area contributed by atoms with Gasteiger partial charge in [0.05, 0.1) is 7.11 Å². The molecule has 1 aliphatic rings. The van der Waals surface area contributed by atoms with Gasteiger partial charge in [0, 0.05) is 23.7 Å². The minimum atomic E-state index is 0.313. The van der Waals surface area contributed by atoms with Crippen LogP contribution in [0.5, 0.6) is 5.75 Å². The molecule has 1 saturated heterocycles. The van der Waals surface area contributed by atoms with Gasteiger partial charge < -0.3 is 15.4 Å². The van der Waals surface area contributed by atoms with Gasteiger partial charge in [-0.15, -0.1) is 0 Å². The van der Waals surface area contributed by atoms with Crippen LogP contribution in [0.4, 0.5) is 0 Å². The highest BCUT2D eigenvalue weighted by Crippen LogP contribution is 2.25. The molecule has 1 heterocycles.